The molecule has 0 radical (unpaired) electrons. The van der Waals surface area contributed by atoms with E-state index in [0.29, 0.717) is 6.54 Å². The molecule has 0 aliphatic heterocycles. The van der Waals surface area contributed by atoms with Crippen molar-refractivity contribution in [2.75, 3.05) is 6.54 Å². The molecule has 0 aromatic heterocycles. The van der Waals surface area contributed by atoms with Gasteiger partial charge in [-0.15, -0.1) is 0 Å². The summed E-state index contributed by atoms with van der Waals surface area (Å²) in [7, 11) is 0. The van der Waals surface area contributed by atoms with Crippen LogP contribution in [-0.2, 0) is 9.53 Å². The van der Waals surface area contributed by atoms with Gasteiger partial charge in [0.25, 0.3) is 0 Å². The highest BCUT2D eigenvalue weighted by molar-refractivity contribution is 9.09. The zero-order valence-electron chi connectivity index (χ0n) is 20.2. The fourth-order valence-electron chi connectivity index (χ4n) is 3.44. The van der Waals surface area contributed by atoms with Gasteiger partial charge in [-0.05, 0) is 32.2 Å². The predicted molar refractivity (Wildman–Crippen MR) is 133 cm³/mol. The zero-order chi connectivity index (χ0) is 22.2. The van der Waals surface area contributed by atoms with Crippen LogP contribution in [0.25, 0.3) is 0 Å². The Morgan fingerprint density at radius 2 is 1.17 bits per heavy atom. The monoisotopic (exact) mass is 477 g/mol. The van der Waals surface area contributed by atoms with E-state index in [0.717, 1.165) is 24.1 Å². The highest BCUT2D eigenvalue weighted by Crippen LogP contribution is 2.19. The maximum atomic E-state index is 10.5. The second-order valence-corrected chi connectivity index (χ2v) is 9.60. The molecular formula is C25H52BrNO2. The van der Waals surface area contributed by atoms with E-state index in [1.807, 2.05) is 0 Å². The molecule has 1 atom stereocenters. The maximum Gasteiger partial charge on any atom is 0.302 e. The van der Waals surface area contributed by atoms with Gasteiger partial charge in [-0.25, -0.2) is 0 Å². The summed E-state index contributed by atoms with van der Waals surface area (Å²) in [5.41, 5.74) is 5.34. The van der Waals surface area contributed by atoms with Gasteiger partial charge in [0, 0.05) is 11.8 Å². The van der Waals surface area contributed by atoms with Crippen LogP contribution in [0.3, 0.4) is 0 Å². The molecule has 0 aromatic rings. The van der Waals surface area contributed by atoms with Crippen molar-refractivity contribution < 1.29 is 9.53 Å². The van der Waals surface area contributed by atoms with Gasteiger partial charge in [0.15, 0.2) is 0 Å². The van der Waals surface area contributed by atoms with E-state index in [1.54, 1.807) is 0 Å². The molecule has 0 aliphatic carbocycles. The third-order valence-corrected chi connectivity index (χ3v) is 6.09. The van der Waals surface area contributed by atoms with Gasteiger partial charge >= 0.3 is 5.97 Å². The smallest absolute Gasteiger partial charge is 0.302 e. The Kier molecular flexibility index (Phi) is 27.8. The Balaban J connectivity index is 0. The zero-order valence-corrected chi connectivity index (χ0v) is 21.7. The Bertz CT molecular complexity index is 304. The molecule has 0 aromatic carbocycles. The molecule has 0 rings (SSSR count). The van der Waals surface area contributed by atoms with Crippen LogP contribution >= 0.6 is 15.9 Å². The molecular weight excluding hydrogens is 426 g/mol. The third-order valence-electron chi connectivity index (χ3n) is 5.17. The Hall–Kier alpha value is -0.0900. The van der Waals surface area contributed by atoms with Crippen molar-refractivity contribution in [3.63, 3.8) is 0 Å². The summed E-state index contributed by atoms with van der Waals surface area (Å²) in [6.07, 6.45) is 22.6. The van der Waals surface area contributed by atoms with Crippen molar-refractivity contribution in [2.45, 2.75) is 148 Å². The second kappa shape index (κ2) is 25.9. The molecule has 0 saturated carbocycles. The molecule has 0 spiro atoms. The fourth-order valence-corrected chi connectivity index (χ4v) is 4.09. The lowest BCUT2D eigenvalue weighted by atomic mass is 10.0. The molecule has 0 amide bonds. The van der Waals surface area contributed by atoms with E-state index in [1.165, 1.54) is 96.8 Å². The lowest BCUT2D eigenvalue weighted by Gasteiger charge is -2.14. The van der Waals surface area contributed by atoms with Crippen molar-refractivity contribution in [3.05, 3.63) is 0 Å². The van der Waals surface area contributed by atoms with Crippen LogP contribution in [0.15, 0.2) is 0 Å². The highest BCUT2D eigenvalue weighted by Gasteiger charge is 2.08. The van der Waals surface area contributed by atoms with E-state index in [-0.39, 0.29) is 12.1 Å². The number of hydrogen-bond acceptors (Lipinski definition) is 3. The minimum Gasteiger partial charge on any atom is -0.463 e. The van der Waals surface area contributed by atoms with E-state index >= 15 is 0 Å². The second-order valence-electron chi connectivity index (χ2n) is 8.31. The predicted octanol–water partition coefficient (Wildman–Crippen LogP) is 8.32. The van der Waals surface area contributed by atoms with Crippen LogP contribution in [0.1, 0.15) is 137 Å². The third kappa shape index (κ3) is 27.9. The van der Waals surface area contributed by atoms with Gasteiger partial charge < -0.3 is 10.5 Å². The van der Waals surface area contributed by atoms with Crippen molar-refractivity contribution in [1.82, 2.24) is 0 Å². The Morgan fingerprint density at radius 1 is 0.724 bits per heavy atom. The summed E-state index contributed by atoms with van der Waals surface area (Å²) >= 11 is 3.84. The van der Waals surface area contributed by atoms with E-state index < -0.39 is 0 Å². The van der Waals surface area contributed by atoms with Gasteiger partial charge in [-0.3, -0.25) is 4.79 Å². The van der Waals surface area contributed by atoms with E-state index in [4.69, 9.17) is 10.5 Å². The van der Waals surface area contributed by atoms with Gasteiger partial charge in [0.2, 0.25) is 0 Å². The maximum absolute atomic E-state index is 10.5. The molecule has 2 N–H and O–H groups in total. The summed E-state index contributed by atoms with van der Waals surface area (Å²) in [6.45, 7) is 8.65. The number of nitrogens with two attached hydrogens (primary N) is 1. The minimum absolute atomic E-state index is 0.0301. The normalized spacial score (nSPS) is 11.8. The summed E-state index contributed by atoms with van der Waals surface area (Å²) < 4.78 is 5.01. The Morgan fingerprint density at radius 3 is 1.55 bits per heavy atom. The van der Waals surface area contributed by atoms with Crippen LogP contribution < -0.4 is 5.73 Å². The number of halogens is 1. The fraction of sp³-hybridized carbons (Fsp3) is 0.960. The van der Waals surface area contributed by atoms with Crippen molar-refractivity contribution in [1.29, 1.82) is 0 Å². The minimum atomic E-state index is -0.211. The standard InChI is InChI=1S/C17H35Br.C8H17NO2/c1-3-5-7-9-11-13-15-17(18)16-14-12-10-8-6-4-2;1-3-4-8(5-6-9)11-7(2)10/h17H,3-16H2,1-2H3;8H,3-6,9H2,1-2H3. The summed E-state index contributed by atoms with van der Waals surface area (Å²) in [6, 6.07) is 0. The number of hydrogen-bond donors (Lipinski definition) is 1. The van der Waals surface area contributed by atoms with Crippen LogP contribution in [0.2, 0.25) is 0 Å². The number of rotatable bonds is 19. The van der Waals surface area contributed by atoms with Gasteiger partial charge in [0.05, 0.1) is 0 Å². The highest BCUT2D eigenvalue weighted by atomic mass is 79.9. The number of unbranched alkanes of at least 4 members (excludes halogenated alkanes) is 10. The van der Waals surface area contributed by atoms with Gasteiger partial charge in [-0.2, -0.15) is 0 Å². The largest absolute Gasteiger partial charge is 0.463 e. The molecule has 0 saturated heterocycles. The van der Waals surface area contributed by atoms with Gasteiger partial charge in [-0.1, -0.05) is 120 Å². The SMILES string of the molecule is CCCC(CCN)OC(C)=O.CCCCCCCCC(Br)CCCCCCCC. The number of alkyl halides is 1. The summed E-state index contributed by atoms with van der Waals surface area (Å²) in [5, 5.41) is 0. The van der Waals surface area contributed by atoms with Crippen LogP contribution in [0.4, 0.5) is 0 Å². The molecule has 0 heterocycles. The number of carbonyl (C=O) groups excluding carboxylic acids is 1. The molecule has 0 bridgehead atoms. The topological polar surface area (TPSA) is 52.3 Å². The average Bonchev–Trinajstić information content (AvgIpc) is 2.68. The van der Waals surface area contributed by atoms with Crippen molar-refractivity contribution in [2.24, 2.45) is 5.73 Å². The molecule has 3 nitrogen and oxygen atoms in total. The molecule has 0 fully saturated rings. The first kappa shape index (κ1) is 31.1. The number of carbonyl (C=O) groups is 1. The summed E-state index contributed by atoms with van der Waals surface area (Å²) in [5.74, 6) is -0.211. The lowest BCUT2D eigenvalue weighted by molar-refractivity contribution is -0.146. The first-order chi connectivity index (χ1) is 14.0. The lowest BCUT2D eigenvalue weighted by Crippen LogP contribution is -2.19. The number of esters is 1. The molecule has 0 aliphatic rings. The average molecular weight is 479 g/mol. The van der Waals surface area contributed by atoms with Crippen molar-refractivity contribution >= 4 is 21.9 Å². The summed E-state index contributed by atoms with van der Waals surface area (Å²) in [4.78, 5) is 11.3. The van der Waals surface area contributed by atoms with Crippen LogP contribution in [0.5, 0.6) is 0 Å². The molecule has 4 heteroatoms. The first-order valence-electron chi connectivity index (χ1n) is 12.5. The molecule has 29 heavy (non-hydrogen) atoms. The molecule has 176 valence electrons. The van der Waals surface area contributed by atoms with E-state index in [9.17, 15) is 4.79 Å². The quantitative estimate of drug-likeness (QED) is 0.115. The van der Waals surface area contributed by atoms with E-state index in [2.05, 4.69) is 36.7 Å². The van der Waals surface area contributed by atoms with Crippen molar-refractivity contribution in [3.8, 4) is 0 Å². The molecule has 1 unspecified atom stereocenters. The first-order valence-corrected chi connectivity index (χ1v) is 13.4. The van der Waals surface area contributed by atoms with Gasteiger partial charge in [0.1, 0.15) is 6.10 Å². The number of ether oxygens (including phenoxy) is 1. The van der Waals surface area contributed by atoms with Crippen LogP contribution in [-0.4, -0.2) is 23.4 Å². The Labute approximate surface area is 191 Å². The van der Waals surface area contributed by atoms with Crippen LogP contribution in [0, 0.1) is 0 Å².